The molecule has 4 heteroatoms. The first kappa shape index (κ1) is 15.5. The van der Waals surface area contributed by atoms with E-state index in [1.807, 2.05) is 25.1 Å². The second-order valence-electron chi connectivity index (χ2n) is 4.29. The van der Waals surface area contributed by atoms with Crippen LogP contribution in [0.5, 0.6) is 11.5 Å². The van der Waals surface area contributed by atoms with Crippen molar-refractivity contribution in [1.82, 2.24) is 5.32 Å². The molecule has 1 aromatic carbocycles. The van der Waals surface area contributed by atoms with Crippen molar-refractivity contribution in [2.75, 3.05) is 19.8 Å². The molecule has 106 valence electrons. The topological polar surface area (TPSA) is 50.7 Å². The van der Waals surface area contributed by atoms with Crippen molar-refractivity contribution in [3.05, 3.63) is 36.4 Å². The first-order chi connectivity index (χ1) is 9.17. The van der Waals surface area contributed by atoms with Gasteiger partial charge in [0.2, 0.25) is 0 Å². The monoisotopic (exact) mass is 265 g/mol. The number of rotatable bonds is 9. The molecule has 0 bridgehead atoms. The second-order valence-corrected chi connectivity index (χ2v) is 4.29. The minimum Gasteiger partial charge on any atom is -0.490 e. The SMILES string of the molecule is C=CCOc1ccc(CNC[C@@H](C)O)cc1OCC. The molecule has 0 aromatic heterocycles. The lowest BCUT2D eigenvalue weighted by Crippen LogP contribution is -2.23. The van der Waals surface area contributed by atoms with Crippen molar-refractivity contribution in [2.24, 2.45) is 0 Å². The summed E-state index contributed by atoms with van der Waals surface area (Å²) in [6.07, 6.45) is 1.36. The maximum absolute atomic E-state index is 9.19. The van der Waals surface area contributed by atoms with E-state index in [1.54, 1.807) is 13.0 Å². The van der Waals surface area contributed by atoms with Crippen molar-refractivity contribution < 1.29 is 14.6 Å². The summed E-state index contributed by atoms with van der Waals surface area (Å²) in [6, 6.07) is 5.83. The van der Waals surface area contributed by atoms with Gasteiger partial charge in [-0.15, -0.1) is 0 Å². The summed E-state index contributed by atoms with van der Waals surface area (Å²) in [6.45, 7) is 9.63. The van der Waals surface area contributed by atoms with Gasteiger partial charge in [0.25, 0.3) is 0 Å². The van der Waals surface area contributed by atoms with E-state index in [1.165, 1.54) is 0 Å². The molecule has 0 spiro atoms. The molecule has 4 nitrogen and oxygen atoms in total. The third kappa shape index (κ3) is 5.77. The summed E-state index contributed by atoms with van der Waals surface area (Å²) in [5.41, 5.74) is 1.09. The predicted molar refractivity (Wildman–Crippen MR) is 76.7 cm³/mol. The highest BCUT2D eigenvalue weighted by molar-refractivity contribution is 5.43. The smallest absolute Gasteiger partial charge is 0.161 e. The Labute approximate surface area is 115 Å². The molecule has 1 aromatic rings. The van der Waals surface area contributed by atoms with Crippen LogP contribution in [-0.4, -0.2) is 31.0 Å². The van der Waals surface area contributed by atoms with Crippen LogP contribution in [-0.2, 0) is 6.54 Å². The molecule has 0 fully saturated rings. The summed E-state index contributed by atoms with van der Waals surface area (Å²) in [4.78, 5) is 0. The number of ether oxygens (including phenoxy) is 2. The molecule has 0 amide bonds. The molecule has 0 aliphatic rings. The van der Waals surface area contributed by atoms with Gasteiger partial charge in [0.1, 0.15) is 6.61 Å². The fourth-order valence-corrected chi connectivity index (χ4v) is 1.62. The lowest BCUT2D eigenvalue weighted by molar-refractivity contribution is 0.191. The lowest BCUT2D eigenvalue weighted by Gasteiger charge is -2.13. The summed E-state index contributed by atoms with van der Waals surface area (Å²) >= 11 is 0. The first-order valence-corrected chi connectivity index (χ1v) is 6.55. The Morgan fingerprint density at radius 1 is 1.37 bits per heavy atom. The van der Waals surface area contributed by atoms with E-state index >= 15 is 0 Å². The molecule has 0 saturated carbocycles. The van der Waals surface area contributed by atoms with E-state index in [2.05, 4.69) is 11.9 Å². The normalized spacial score (nSPS) is 11.9. The van der Waals surface area contributed by atoms with Crippen molar-refractivity contribution in [2.45, 2.75) is 26.5 Å². The van der Waals surface area contributed by atoms with Crippen LogP contribution in [0.2, 0.25) is 0 Å². The van der Waals surface area contributed by atoms with E-state index < -0.39 is 0 Å². The summed E-state index contributed by atoms with van der Waals surface area (Å²) in [5, 5.41) is 12.4. The summed E-state index contributed by atoms with van der Waals surface area (Å²) in [5.74, 6) is 1.46. The quantitative estimate of drug-likeness (QED) is 0.672. The molecule has 1 atom stereocenters. The summed E-state index contributed by atoms with van der Waals surface area (Å²) < 4.78 is 11.1. The zero-order valence-electron chi connectivity index (χ0n) is 11.7. The Morgan fingerprint density at radius 3 is 2.79 bits per heavy atom. The number of aliphatic hydroxyl groups excluding tert-OH is 1. The van der Waals surface area contributed by atoms with Crippen molar-refractivity contribution in [3.8, 4) is 11.5 Å². The van der Waals surface area contributed by atoms with Crippen LogP contribution in [0.25, 0.3) is 0 Å². The maximum Gasteiger partial charge on any atom is 0.161 e. The fraction of sp³-hybridized carbons (Fsp3) is 0.467. The van der Waals surface area contributed by atoms with Gasteiger partial charge in [-0.05, 0) is 31.5 Å². The number of hydrogen-bond acceptors (Lipinski definition) is 4. The second kappa shape index (κ2) is 8.56. The highest BCUT2D eigenvalue weighted by atomic mass is 16.5. The molecule has 0 aliphatic heterocycles. The van der Waals surface area contributed by atoms with Crippen molar-refractivity contribution >= 4 is 0 Å². The van der Waals surface area contributed by atoms with E-state index in [9.17, 15) is 5.11 Å². The van der Waals surface area contributed by atoms with E-state index in [0.717, 1.165) is 17.1 Å². The molecular formula is C15H23NO3. The number of aliphatic hydroxyl groups is 1. The van der Waals surface area contributed by atoms with Crippen LogP contribution in [0.15, 0.2) is 30.9 Å². The van der Waals surface area contributed by atoms with Gasteiger partial charge in [-0.25, -0.2) is 0 Å². The van der Waals surface area contributed by atoms with Gasteiger partial charge in [0.15, 0.2) is 11.5 Å². The minimum absolute atomic E-state index is 0.346. The van der Waals surface area contributed by atoms with Gasteiger partial charge in [-0.1, -0.05) is 18.7 Å². The minimum atomic E-state index is -0.346. The van der Waals surface area contributed by atoms with Crippen LogP contribution in [0.1, 0.15) is 19.4 Å². The molecule has 0 saturated heterocycles. The molecule has 0 heterocycles. The Kier molecular flexibility index (Phi) is 7.00. The molecule has 0 unspecified atom stereocenters. The van der Waals surface area contributed by atoms with Crippen LogP contribution >= 0.6 is 0 Å². The number of hydrogen-bond donors (Lipinski definition) is 2. The largest absolute Gasteiger partial charge is 0.490 e. The van der Waals surface area contributed by atoms with Gasteiger partial charge >= 0.3 is 0 Å². The van der Waals surface area contributed by atoms with E-state index in [4.69, 9.17) is 9.47 Å². The average molecular weight is 265 g/mol. The Hall–Kier alpha value is -1.52. The van der Waals surface area contributed by atoms with Crippen molar-refractivity contribution in [3.63, 3.8) is 0 Å². The Balaban J connectivity index is 2.68. The van der Waals surface area contributed by atoms with Crippen LogP contribution in [0, 0.1) is 0 Å². The predicted octanol–water partition coefficient (Wildman–Crippen LogP) is 2.12. The maximum atomic E-state index is 9.19. The van der Waals surface area contributed by atoms with Gasteiger partial charge in [0.05, 0.1) is 12.7 Å². The van der Waals surface area contributed by atoms with Crippen LogP contribution in [0.4, 0.5) is 0 Å². The molecule has 1 rings (SSSR count). The van der Waals surface area contributed by atoms with Gasteiger partial charge in [0, 0.05) is 13.1 Å². The molecule has 2 N–H and O–H groups in total. The first-order valence-electron chi connectivity index (χ1n) is 6.55. The summed E-state index contributed by atoms with van der Waals surface area (Å²) in [7, 11) is 0. The molecule has 19 heavy (non-hydrogen) atoms. The van der Waals surface area contributed by atoms with Crippen LogP contribution < -0.4 is 14.8 Å². The molecule has 0 aliphatic carbocycles. The van der Waals surface area contributed by atoms with Gasteiger partial charge in [-0.2, -0.15) is 0 Å². The zero-order valence-corrected chi connectivity index (χ0v) is 11.7. The Bertz CT molecular complexity index is 391. The third-order valence-electron chi connectivity index (χ3n) is 2.43. The lowest BCUT2D eigenvalue weighted by atomic mass is 10.2. The number of nitrogens with one attached hydrogen (secondary N) is 1. The molecular weight excluding hydrogens is 242 g/mol. The Morgan fingerprint density at radius 2 is 2.16 bits per heavy atom. The zero-order chi connectivity index (χ0) is 14.1. The molecule has 0 radical (unpaired) electrons. The van der Waals surface area contributed by atoms with E-state index in [-0.39, 0.29) is 6.10 Å². The highest BCUT2D eigenvalue weighted by Crippen LogP contribution is 2.28. The standard InChI is InChI=1S/C15H23NO3/c1-4-8-19-14-7-6-13(9-15(14)18-5-2)11-16-10-12(3)17/h4,6-7,9,12,16-17H,1,5,8,10-11H2,2-3H3/t12-/m1/s1. The number of benzene rings is 1. The highest BCUT2D eigenvalue weighted by Gasteiger charge is 2.06. The van der Waals surface area contributed by atoms with Crippen LogP contribution in [0.3, 0.4) is 0 Å². The van der Waals surface area contributed by atoms with E-state index in [0.29, 0.717) is 26.3 Å². The average Bonchev–Trinajstić information content (AvgIpc) is 2.38. The van der Waals surface area contributed by atoms with Gasteiger partial charge < -0.3 is 19.9 Å². The van der Waals surface area contributed by atoms with Crippen molar-refractivity contribution in [1.29, 1.82) is 0 Å². The van der Waals surface area contributed by atoms with Gasteiger partial charge in [-0.3, -0.25) is 0 Å². The fourth-order valence-electron chi connectivity index (χ4n) is 1.62. The third-order valence-corrected chi connectivity index (χ3v) is 2.43.